The largest absolute Gasteiger partial charge is 0.475 e. The minimum Gasteiger partial charge on any atom is -0.475 e. The van der Waals surface area contributed by atoms with E-state index in [4.69, 9.17) is 4.74 Å². The summed E-state index contributed by atoms with van der Waals surface area (Å²) in [6, 6.07) is 0.539. The third kappa shape index (κ3) is 2.20. The third-order valence-corrected chi connectivity index (χ3v) is 2.63. The minimum atomic E-state index is 0.539. The molecule has 1 saturated heterocycles. The highest BCUT2D eigenvalue weighted by Gasteiger charge is 2.21. The molecule has 2 rings (SSSR count). The van der Waals surface area contributed by atoms with Crippen LogP contribution in [0.5, 0.6) is 5.88 Å². The maximum atomic E-state index is 5.55. The van der Waals surface area contributed by atoms with E-state index in [1.807, 2.05) is 0 Å². The van der Waals surface area contributed by atoms with E-state index in [1.54, 1.807) is 18.6 Å². The summed E-state index contributed by atoms with van der Waals surface area (Å²) in [5, 5.41) is 0. The number of hydrogen-bond donors (Lipinski definition) is 0. The maximum absolute atomic E-state index is 5.55. The van der Waals surface area contributed by atoms with Gasteiger partial charge in [-0.25, -0.2) is 4.98 Å². The lowest BCUT2D eigenvalue weighted by molar-refractivity contribution is 0.193. The topological polar surface area (TPSA) is 38.2 Å². The molecule has 14 heavy (non-hydrogen) atoms. The van der Waals surface area contributed by atoms with Gasteiger partial charge in [-0.2, -0.15) is 0 Å². The van der Waals surface area contributed by atoms with E-state index in [0.29, 0.717) is 11.9 Å². The van der Waals surface area contributed by atoms with Crippen molar-refractivity contribution in [1.82, 2.24) is 14.9 Å². The predicted octanol–water partition coefficient (Wildman–Crippen LogP) is 0.950. The van der Waals surface area contributed by atoms with Gasteiger partial charge < -0.3 is 9.64 Å². The molecule has 0 amide bonds. The molecule has 0 radical (unpaired) electrons. The van der Waals surface area contributed by atoms with Crippen LogP contribution >= 0.6 is 0 Å². The zero-order chi connectivity index (χ0) is 9.80. The average Bonchev–Trinajstić information content (AvgIpc) is 2.63. The van der Waals surface area contributed by atoms with Gasteiger partial charge >= 0.3 is 0 Å². The Balaban J connectivity index is 1.82. The van der Waals surface area contributed by atoms with Crippen LogP contribution in [0.4, 0.5) is 0 Å². The van der Waals surface area contributed by atoms with E-state index >= 15 is 0 Å². The predicted molar refractivity (Wildman–Crippen MR) is 53.2 cm³/mol. The lowest BCUT2D eigenvalue weighted by Crippen LogP contribution is -2.30. The van der Waals surface area contributed by atoms with Gasteiger partial charge in [-0.05, 0) is 26.4 Å². The number of nitrogens with zero attached hydrogens (tertiary/aromatic N) is 3. The van der Waals surface area contributed by atoms with Crippen molar-refractivity contribution in [2.24, 2.45) is 0 Å². The molecule has 0 spiro atoms. The maximum Gasteiger partial charge on any atom is 0.232 e. The summed E-state index contributed by atoms with van der Waals surface area (Å²) in [6.07, 6.45) is 7.43. The van der Waals surface area contributed by atoms with Gasteiger partial charge in [-0.15, -0.1) is 0 Å². The van der Waals surface area contributed by atoms with Crippen LogP contribution in [-0.4, -0.2) is 41.1 Å². The normalized spacial score (nSPS) is 22.5. The van der Waals surface area contributed by atoms with Crippen molar-refractivity contribution < 1.29 is 4.74 Å². The lowest BCUT2D eigenvalue weighted by atomic mass is 10.2. The van der Waals surface area contributed by atoms with Gasteiger partial charge in [0.2, 0.25) is 5.88 Å². The summed E-state index contributed by atoms with van der Waals surface area (Å²) in [7, 11) is 2.14. The lowest BCUT2D eigenvalue weighted by Gasteiger charge is -2.18. The summed E-state index contributed by atoms with van der Waals surface area (Å²) >= 11 is 0. The van der Waals surface area contributed by atoms with Gasteiger partial charge in [0, 0.05) is 18.4 Å². The molecule has 0 aromatic carbocycles. The van der Waals surface area contributed by atoms with Crippen molar-refractivity contribution >= 4 is 0 Å². The Kier molecular flexibility index (Phi) is 2.93. The zero-order valence-corrected chi connectivity index (χ0v) is 8.39. The number of aromatic nitrogens is 2. The van der Waals surface area contributed by atoms with Crippen LogP contribution in [0.25, 0.3) is 0 Å². The van der Waals surface area contributed by atoms with Gasteiger partial charge in [0.1, 0.15) is 6.61 Å². The number of ether oxygens (including phenoxy) is 1. The first-order valence-electron chi connectivity index (χ1n) is 4.95. The molecular formula is C10H15N3O. The van der Waals surface area contributed by atoms with Gasteiger partial charge in [-0.1, -0.05) is 0 Å². The van der Waals surface area contributed by atoms with E-state index in [9.17, 15) is 0 Å². The summed E-state index contributed by atoms with van der Waals surface area (Å²) < 4.78 is 5.55. The Labute approximate surface area is 83.9 Å². The van der Waals surface area contributed by atoms with Gasteiger partial charge in [0.15, 0.2) is 0 Å². The highest BCUT2D eigenvalue weighted by atomic mass is 16.5. The van der Waals surface area contributed by atoms with Crippen molar-refractivity contribution in [2.75, 3.05) is 20.2 Å². The molecule has 1 atom stereocenters. The summed E-state index contributed by atoms with van der Waals surface area (Å²) in [5.74, 6) is 0.618. The fraction of sp³-hybridized carbons (Fsp3) is 0.600. The standard InChI is InChI=1S/C10H15N3O/c1-13-6-2-3-9(13)8-14-10-7-11-4-5-12-10/h4-5,7,9H,2-3,6,8H2,1H3/t9-/m1/s1. The molecule has 0 unspecified atom stereocenters. The average molecular weight is 193 g/mol. The molecule has 4 nitrogen and oxygen atoms in total. The van der Waals surface area contributed by atoms with E-state index in [-0.39, 0.29) is 0 Å². The molecule has 1 aliphatic rings. The van der Waals surface area contributed by atoms with Crippen LogP contribution in [0.2, 0.25) is 0 Å². The van der Waals surface area contributed by atoms with Crippen LogP contribution in [-0.2, 0) is 0 Å². The first-order valence-corrected chi connectivity index (χ1v) is 4.95. The van der Waals surface area contributed by atoms with Crippen LogP contribution < -0.4 is 4.74 Å². The van der Waals surface area contributed by atoms with Crippen LogP contribution in [0.3, 0.4) is 0 Å². The van der Waals surface area contributed by atoms with Gasteiger partial charge in [0.05, 0.1) is 6.20 Å². The minimum absolute atomic E-state index is 0.539. The van der Waals surface area contributed by atoms with Crippen molar-refractivity contribution in [3.8, 4) is 5.88 Å². The highest BCUT2D eigenvalue weighted by Crippen LogP contribution is 2.15. The summed E-state index contributed by atoms with van der Waals surface area (Å²) in [5.41, 5.74) is 0. The number of likely N-dealkylation sites (tertiary alicyclic amines) is 1. The van der Waals surface area contributed by atoms with Crippen molar-refractivity contribution in [2.45, 2.75) is 18.9 Å². The van der Waals surface area contributed by atoms with Crippen molar-refractivity contribution in [3.05, 3.63) is 18.6 Å². The Morgan fingerprint density at radius 1 is 1.57 bits per heavy atom. The van der Waals surface area contributed by atoms with Crippen molar-refractivity contribution in [1.29, 1.82) is 0 Å². The van der Waals surface area contributed by atoms with E-state index < -0.39 is 0 Å². The molecule has 0 aliphatic carbocycles. The van der Waals surface area contributed by atoms with E-state index in [1.165, 1.54) is 19.4 Å². The van der Waals surface area contributed by atoms with Gasteiger partial charge in [-0.3, -0.25) is 4.98 Å². The Morgan fingerprint density at radius 2 is 2.50 bits per heavy atom. The second-order valence-electron chi connectivity index (χ2n) is 3.63. The quantitative estimate of drug-likeness (QED) is 0.716. The molecule has 0 saturated carbocycles. The smallest absolute Gasteiger partial charge is 0.232 e. The highest BCUT2D eigenvalue weighted by molar-refractivity contribution is 5.01. The van der Waals surface area contributed by atoms with Gasteiger partial charge in [0.25, 0.3) is 0 Å². The molecule has 1 fully saturated rings. The van der Waals surface area contributed by atoms with Crippen LogP contribution in [0.15, 0.2) is 18.6 Å². The summed E-state index contributed by atoms with van der Waals surface area (Å²) in [6.45, 7) is 1.89. The summed E-state index contributed by atoms with van der Waals surface area (Å²) in [4.78, 5) is 10.3. The molecule has 1 aliphatic heterocycles. The number of likely N-dealkylation sites (N-methyl/N-ethyl adjacent to an activating group) is 1. The van der Waals surface area contributed by atoms with E-state index in [0.717, 1.165) is 6.61 Å². The molecular weight excluding hydrogens is 178 g/mol. The van der Waals surface area contributed by atoms with Crippen molar-refractivity contribution in [3.63, 3.8) is 0 Å². The SMILES string of the molecule is CN1CCC[C@@H]1COc1cnccn1. The molecule has 4 heteroatoms. The van der Waals surface area contributed by atoms with Crippen LogP contribution in [0, 0.1) is 0 Å². The first-order chi connectivity index (χ1) is 6.86. The second kappa shape index (κ2) is 4.37. The monoisotopic (exact) mass is 193 g/mol. The molecule has 2 heterocycles. The van der Waals surface area contributed by atoms with Crippen LogP contribution in [0.1, 0.15) is 12.8 Å². The molecule has 76 valence electrons. The van der Waals surface area contributed by atoms with E-state index in [2.05, 4.69) is 21.9 Å². The zero-order valence-electron chi connectivity index (χ0n) is 8.39. The molecule has 0 bridgehead atoms. The Hall–Kier alpha value is -1.16. The number of hydrogen-bond acceptors (Lipinski definition) is 4. The molecule has 1 aromatic heterocycles. The Bertz CT molecular complexity index is 278. The first kappa shape index (κ1) is 9.40. The third-order valence-electron chi connectivity index (χ3n) is 2.63. The fourth-order valence-electron chi connectivity index (χ4n) is 1.73. The Morgan fingerprint density at radius 3 is 3.14 bits per heavy atom. The molecule has 1 aromatic rings. The molecule has 0 N–H and O–H groups in total. The number of rotatable bonds is 3. The second-order valence-corrected chi connectivity index (χ2v) is 3.63. The fourth-order valence-corrected chi connectivity index (χ4v) is 1.73.